The highest BCUT2D eigenvalue weighted by Crippen LogP contribution is 2.26. The van der Waals surface area contributed by atoms with Crippen LogP contribution in [0.1, 0.15) is 34.1 Å². The summed E-state index contributed by atoms with van der Waals surface area (Å²) in [5.41, 5.74) is 8.43. The van der Waals surface area contributed by atoms with Gasteiger partial charge in [0.1, 0.15) is 0 Å². The molecule has 0 saturated carbocycles. The molecule has 1 atom stereocenters. The molecule has 86 valence electrons. The standard InChI is InChI=1S/C12H17N3S/c1-4-9-7-10(15(3)14-9)12(13)11-6-5-8(2)16-11/h5-7,12H,4,13H2,1-3H3. The zero-order chi connectivity index (χ0) is 11.7. The summed E-state index contributed by atoms with van der Waals surface area (Å²) in [6.45, 7) is 4.20. The highest BCUT2D eigenvalue weighted by atomic mass is 32.1. The number of rotatable bonds is 3. The van der Waals surface area contributed by atoms with Crippen molar-refractivity contribution in [1.29, 1.82) is 0 Å². The van der Waals surface area contributed by atoms with Crippen molar-refractivity contribution >= 4 is 11.3 Å². The molecule has 0 amide bonds. The van der Waals surface area contributed by atoms with E-state index in [0.29, 0.717) is 0 Å². The van der Waals surface area contributed by atoms with Gasteiger partial charge in [0, 0.05) is 16.8 Å². The molecule has 4 heteroatoms. The zero-order valence-corrected chi connectivity index (χ0v) is 10.7. The smallest absolute Gasteiger partial charge is 0.0816 e. The highest BCUT2D eigenvalue weighted by Gasteiger charge is 2.15. The van der Waals surface area contributed by atoms with Gasteiger partial charge in [0.2, 0.25) is 0 Å². The first-order valence-electron chi connectivity index (χ1n) is 5.46. The van der Waals surface area contributed by atoms with Crippen molar-refractivity contribution in [2.75, 3.05) is 0 Å². The second-order valence-electron chi connectivity index (χ2n) is 3.96. The van der Waals surface area contributed by atoms with Crippen LogP contribution in [0.25, 0.3) is 0 Å². The van der Waals surface area contributed by atoms with Gasteiger partial charge in [0.25, 0.3) is 0 Å². The average molecular weight is 235 g/mol. The molecular formula is C12H17N3S. The van der Waals surface area contributed by atoms with Crippen LogP contribution in [0.2, 0.25) is 0 Å². The first kappa shape index (κ1) is 11.4. The quantitative estimate of drug-likeness (QED) is 0.887. The average Bonchev–Trinajstić information content (AvgIpc) is 2.83. The molecule has 0 aromatic carbocycles. The predicted molar refractivity (Wildman–Crippen MR) is 67.7 cm³/mol. The molecule has 2 aromatic rings. The lowest BCUT2D eigenvalue weighted by atomic mass is 10.1. The van der Waals surface area contributed by atoms with E-state index in [2.05, 4.69) is 37.1 Å². The summed E-state index contributed by atoms with van der Waals surface area (Å²) in [5, 5.41) is 4.42. The van der Waals surface area contributed by atoms with E-state index in [-0.39, 0.29) is 6.04 Å². The van der Waals surface area contributed by atoms with Gasteiger partial charge >= 0.3 is 0 Å². The maximum Gasteiger partial charge on any atom is 0.0816 e. The van der Waals surface area contributed by atoms with E-state index in [1.807, 2.05) is 11.7 Å². The van der Waals surface area contributed by atoms with Crippen LogP contribution in [0.15, 0.2) is 18.2 Å². The van der Waals surface area contributed by atoms with E-state index >= 15 is 0 Å². The van der Waals surface area contributed by atoms with Crippen LogP contribution in [0.3, 0.4) is 0 Å². The summed E-state index contributed by atoms with van der Waals surface area (Å²) >= 11 is 1.75. The van der Waals surface area contributed by atoms with Crippen LogP contribution in [0.5, 0.6) is 0 Å². The maximum absolute atomic E-state index is 6.25. The first-order valence-corrected chi connectivity index (χ1v) is 6.28. The molecule has 0 radical (unpaired) electrons. The molecule has 0 fully saturated rings. The van der Waals surface area contributed by atoms with Gasteiger partial charge in [-0.25, -0.2) is 0 Å². The number of aromatic nitrogens is 2. The number of hydrogen-bond donors (Lipinski definition) is 1. The number of nitrogens with two attached hydrogens (primary N) is 1. The van der Waals surface area contributed by atoms with Crippen LogP contribution in [-0.4, -0.2) is 9.78 Å². The fourth-order valence-corrected chi connectivity index (χ4v) is 2.67. The second-order valence-corrected chi connectivity index (χ2v) is 5.28. The summed E-state index contributed by atoms with van der Waals surface area (Å²) in [6, 6.07) is 6.25. The third kappa shape index (κ3) is 2.03. The Morgan fingerprint density at radius 1 is 1.50 bits per heavy atom. The Morgan fingerprint density at radius 2 is 2.25 bits per heavy atom. The van der Waals surface area contributed by atoms with Crippen molar-refractivity contribution in [2.24, 2.45) is 12.8 Å². The van der Waals surface area contributed by atoms with E-state index in [9.17, 15) is 0 Å². The molecule has 2 rings (SSSR count). The van der Waals surface area contributed by atoms with Gasteiger partial charge in [-0.15, -0.1) is 11.3 Å². The van der Waals surface area contributed by atoms with Crippen LogP contribution in [0.4, 0.5) is 0 Å². The lowest BCUT2D eigenvalue weighted by molar-refractivity contribution is 0.670. The van der Waals surface area contributed by atoms with Crippen LogP contribution >= 0.6 is 11.3 Å². The summed E-state index contributed by atoms with van der Waals surface area (Å²) < 4.78 is 1.89. The van der Waals surface area contributed by atoms with Gasteiger partial charge in [-0.3, -0.25) is 4.68 Å². The van der Waals surface area contributed by atoms with Crippen molar-refractivity contribution < 1.29 is 0 Å². The number of hydrogen-bond acceptors (Lipinski definition) is 3. The number of thiophene rings is 1. The van der Waals surface area contributed by atoms with E-state index in [0.717, 1.165) is 17.8 Å². The normalized spacial score (nSPS) is 13.0. The minimum absolute atomic E-state index is 0.0588. The lowest BCUT2D eigenvalue weighted by Gasteiger charge is -2.09. The van der Waals surface area contributed by atoms with Gasteiger partial charge in [-0.2, -0.15) is 5.10 Å². The summed E-state index contributed by atoms with van der Waals surface area (Å²) in [7, 11) is 1.95. The second kappa shape index (κ2) is 4.39. The molecule has 0 aliphatic heterocycles. The summed E-state index contributed by atoms with van der Waals surface area (Å²) in [4.78, 5) is 2.49. The highest BCUT2D eigenvalue weighted by molar-refractivity contribution is 7.12. The zero-order valence-electron chi connectivity index (χ0n) is 9.90. The predicted octanol–water partition coefficient (Wildman–Crippen LogP) is 2.40. The Kier molecular flexibility index (Phi) is 3.12. The summed E-state index contributed by atoms with van der Waals surface area (Å²) in [6.07, 6.45) is 0.948. The fourth-order valence-electron chi connectivity index (χ4n) is 1.77. The van der Waals surface area contributed by atoms with Crippen molar-refractivity contribution in [1.82, 2.24) is 9.78 Å². The van der Waals surface area contributed by atoms with Gasteiger partial charge in [0.05, 0.1) is 17.4 Å². The van der Waals surface area contributed by atoms with Crippen molar-refractivity contribution in [3.63, 3.8) is 0 Å². The van der Waals surface area contributed by atoms with E-state index in [1.54, 1.807) is 11.3 Å². The minimum atomic E-state index is -0.0588. The number of nitrogens with zero attached hydrogens (tertiary/aromatic N) is 2. The molecule has 0 spiro atoms. The Balaban J connectivity index is 2.33. The van der Waals surface area contributed by atoms with Crippen molar-refractivity contribution in [3.05, 3.63) is 39.3 Å². The molecule has 2 N–H and O–H groups in total. The Morgan fingerprint density at radius 3 is 2.75 bits per heavy atom. The number of aryl methyl sites for hydroxylation is 3. The largest absolute Gasteiger partial charge is 0.318 e. The van der Waals surface area contributed by atoms with Crippen LogP contribution < -0.4 is 5.73 Å². The van der Waals surface area contributed by atoms with Crippen LogP contribution in [-0.2, 0) is 13.5 Å². The SMILES string of the molecule is CCc1cc(C(N)c2ccc(C)s2)n(C)n1. The van der Waals surface area contributed by atoms with Crippen molar-refractivity contribution in [3.8, 4) is 0 Å². The Labute approximate surface area is 99.9 Å². The fraction of sp³-hybridized carbons (Fsp3) is 0.417. The molecule has 2 aromatic heterocycles. The molecular weight excluding hydrogens is 218 g/mol. The topological polar surface area (TPSA) is 43.8 Å². The van der Waals surface area contributed by atoms with Gasteiger partial charge in [-0.05, 0) is 31.5 Å². The molecule has 0 bridgehead atoms. The third-order valence-corrected chi connectivity index (χ3v) is 3.80. The molecule has 0 aliphatic rings. The molecule has 0 aliphatic carbocycles. The van der Waals surface area contributed by atoms with E-state index < -0.39 is 0 Å². The van der Waals surface area contributed by atoms with Gasteiger partial charge in [-0.1, -0.05) is 6.92 Å². The van der Waals surface area contributed by atoms with E-state index in [1.165, 1.54) is 9.75 Å². The monoisotopic (exact) mass is 235 g/mol. The van der Waals surface area contributed by atoms with Gasteiger partial charge in [0.15, 0.2) is 0 Å². The maximum atomic E-state index is 6.25. The molecule has 2 heterocycles. The molecule has 3 nitrogen and oxygen atoms in total. The Bertz CT molecular complexity index is 484. The van der Waals surface area contributed by atoms with Crippen molar-refractivity contribution in [2.45, 2.75) is 26.3 Å². The third-order valence-electron chi connectivity index (χ3n) is 2.72. The molecule has 16 heavy (non-hydrogen) atoms. The first-order chi connectivity index (χ1) is 7.61. The lowest BCUT2D eigenvalue weighted by Crippen LogP contribution is -2.14. The Hall–Kier alpha value is -1.13. The van der Waals surface area contributed by atoms with E-state index in [4.69, 9.17) is 5.73 Å². The minimum Gasteiger partial charge on any atom is -0.318 e. The summed E-state index contributed by atoms with van der Waals surface area (Å²) in [5.74, 6) is 0. The molecule has 1 unspecified atom stereocenters. The molecule has 0 saturated heterocycles. The van der Waals surface area contributed by atoms with Gasteiger partial charge < -0.3 is 5.73 Å². The van der Waals surface area contributed by atoms with Crippen LogP contribution in [0, 0.1) is 6.92 Å².